The number of Topliss-reactive ketones (excluding diaryl/α,β-unsaturated/α-hetero) is 1. The molecule has 0 fully saturated rings. The van der Waals surface area contributed by atoms with E-state index < -0.39 is 11.8 Å². The molecule has 0 spiro atoms. The maximum atomic E-state index is 12.4. The molecule has 4 aromatic carbocycles. The van der Waals surface area contributed by atoms with Gasteiger partial charge in [0.2, 0.25) is 17.7 Å². The molecule has 0 bridgehead atoms. The normalized spacial score (nSPS) is 12.0. The van der Waals surface area contributed by atoms with Crippen LogP contribution >= 0.6 is 0 Å². The Kier molecular flexibility index (Phi) is 31.1. The van der Waals surface area contributed by atoms with Crippen molar-refractivity contribution in [2.45, 2.75) is 118 Å². The first-order valence-electron chi connectivity index (χ1n) is 27.7. The van der Waals surface area contributed by atoms with E-state index in [4.69, 9.17) is 20.8 Å². The number of carbonyl (C=O) groups excluding carboxylic acids is 5. The van der Waals surface area contributed by atoms with Gasteiger partial charge in [0, 0.05) is 89.5 Å². The van der Waals surface area contributed by atoms with Crippen molar-refractivity contribution in [1.29, 1.82) is 0 Å². The summed E-state index contributed by atoms with van der Waals surface area (Å²) in [5, 5.41) is 42.6. The fourth-order valence-corrected chi connectivity index (χ4v) is 8.60. The summed E-state index contributed by atoms with van der Waals surface area (Å²) in [7, 11) is 7.98. The maximum absolute atomic E-state index is 12.4. The summed E-state index contributed by atoms with van der Waals surface area (Å²) in [6.45, 7) is 9.07. The van der Waals surface area contributed by atoms with Crippen LogP contribution in [0.1, 0.15) is 114 Å². The number of carbonyl (C=O) groups is 5. The van der Waals surface area contributed by atoms with Gasteiger partial charge in [-0.1, -0.05) is 92.9 Å². The summed E-state index contributed by atoms with van der Waals surface area (Å²) in [6.07, 6.45) is 14.3. The van der Waals surface area contributed by atoms with Gasteiger partial charge in [-0.15, -0.1) is 5.10 Å². The third kappa shape index (κ3) is 25.5. The van der Waals surface area contributed by atoms with Gasteiger partial charge in [-0.3, -0.25) is 59.0 Å². The van der Waals surface area contributed by atoms with Crippen LogP contribution in [0, 0.1) is 17.8 Å². The van der Waals surface area contributed by atoms with Gasteiger partial charge >= 0.3 is 0 Å². The highest BCUT2D eigenvalue weighted by molar-refractivity contribution is 5.98. The first kappa shape index (κ1) is 68.8. The van der Waals surface area contributed by atoms with Crippen LogP contribution in [0.25, 0.3) is 21.8 Å². The monoisotopic (exact) mass is 1150 g/mol. The Bertz CT molecular complexity index is 3040. The smallest absolute Gasteiger partial charge is 0.277 e. The number of aryl methyl sites for hydroxylation is 2. The van der Waals surface area contributed by atoms with Gasteiger partial charge in [0.05, 0.1) is 22.6 Å². The summed E-state index contributed by atoms with van der Waals surface area (Å²) >= 11 is 0. The van der Waals surface area contributed by atoms with Crippen molar-refractivity contribution < 1.29 is 44.8 Å². The van der Waals surface area contributed by atoms with Crippen LogP contribution in [0.5, 0.6) is 0 Å². The summed E-state index contributed by atoms with van der Waals surface area (Å²) in [6, 6.07) is 30.5. The quantitative estimate of drug-likeness (QED) is 0.00634. The number of nitrogens with zero attached hydrogens (tertiary/aromatic N) is 7. The number of nitrogens with one attached hydrogen (secondary N) is 4. The van der Waals surface area contributed by atoms with Gasteiger partial charge in [-0.25, -0.2) is 31.6 Å². The summed E-state index contributed by atoms with van der Waals surface area (Å²) in [5.41, 5.74) is 12.7. The molecule has 448 valence electrons. The molecule has 2 heterocycles. The van der Waals surface area contributed by atoms with Gasteiger partial charge in [-0.05, 0) is 130 Å². The topological polar surface area (TPSA) is 304 Å². The van der Waals surface area contributed by atoms with E-state index in [-0.39, 0.29) is 53.4 Å². The number of benzene rings is 4. The third-order valence-electron chi connectivity index (χ3n) is 13.2. The lowest BCUT2D eigenvalue weighted by Gasteiger charge is -2.17. The highest BCUT2D eigenvalue weighted by atomic mass is 16.5. The minimum atomic E-state index is -0.519. The molecule has 0 saturated carbocycles. The van der Waals surface area contributed by atoms with E-state index >= 15 is 0 Å². The van der Waals surface area contributed by atoms with Crippen molar-refractivity contribution >= 4 is 62.6 Å². The average Bonchev–Trinajstić information content (AvgIpc) is 3.58. The molecule has 3 atom stereocenters. The predicted octanol–water partition coefficient (Wildman–Crippen LogP) is 8.14. The van der Waals surface area contributed by atoms with Crippen molar-refractivity contribution in [3.63, 3.8) is 0 Å². The Balaban J connectivity index is 0.000000290. The molecule has 0 aliphatic rings. The summed E-state index contributed by atoms with van der Waals surface area (Å²) in [5.74, 6) is -1.02. The Morgan fingerprint density at radius 1 is 0.602 bits per heavy atom. The van der Waals surface area contributed by atoms with Crippen LogP contribution in [0.3, 0.4) is 0 Å². The molecule has 0 radical (unpaired) electrons. The molecular weight excluding hydrogens is 1060 g/mol. The van der Waals surface area contributed by atoms with E-state index in [2.05, 4.69) is 57.5 Å². The zero-order valence-electron chi connectivity index (χ0n) is 49.0. The van der Waals surface area contributed by atoms with Crippen LogP contribution in [0.15, 0.2) is 137 Å². The van der Waals surface area contributed by atoms with Crippen molar-refractivity contribution in [2.24, 2.45) is 17.8 Å². The first-order chi connectivity index (χ1) is 39.7. The second-order valence-electron chi connectivity index (χ2n) is 20.7. The predicted molar refractivity (Wildman–Crippen MR) is 320 cm³/mol. The van der Waals surface area contributed by atoms with Gasteiger partial charge in [-0.2, -0.15) is 0 Å². The number of fused-ring (bicyclic) bond motifs is 2. The van der Waals surface area contributed by atoms with E-state index in [0.717, 1.165) is 55.3 Å². The molecule has 2 aromatic heterocycles. The number of para-hydroxylation sites is 1. The molecule has 4 amide bonds. The molecular formula is C61H83N11O11. The van der Waals surface area contributed by atoms with Crippen LogP contribution in [-0.2, 0) is 38.7 Å². The van der Waals surface area contributed by atoms with E-state index in [0.29, 0.717) is 66.5 Å². The number of rotatable bonds is 26. The van der Waals surface area contributed by atoms with E-state index in [1.54, 1.807) is 63.2 Å². The number of unbranched alkanes of at least 4 members (excludes halogenated alkanes) is 4. The average molecular weight is 1150 g/mol. The molecule has 22 nitrogen and oxygen atoms in total. The number of hydrogen-bond acceptors (Lipinski definition) is 16. The molecule has 83 heavy (non-hydrogen) atoms. The van der Waals surface area contributed by atoms with Gasteiger partial charge in [0.15, 0.2) is 5.78 Å². The minimum absolute atomic E-state index is 0.0382. The van der Waals surface area contributed by atoms with Gasteiger partial charge < -0.3 is 9.80 Å². The van der Waals surface area contributed by atoms with Crippen LogP contribution in [0.4, 0.5) is 11.4 Å². The lowest BCUT2D eigenvalue weighted by atomic mass is 9.88. The SMILES string of the molecule is CC(/C=C/C(=O)NO)=C\C(C)Cc1ccc(N(C)C)cc1.CC(CCC(=O)NO)CC(C)C(=O)c1ccc(N(C)C)cc1.O=C(CCCCCn1cnc2ccccc2c1=O)NO.O=C(CCCCCn1nnc2ccccc2c1=O)NO. The van der Waals surface area contributed by atoms with Crippen molar-refractivity contribution in [3.8, 4) is 0 Å². The first-order valence-corrected chi connectivity index (χ1v) is 27.7. The Morgan fingerprint density at radius 3 is 1.67 bits per heavy atom. The molecule has 6 aromatic rings. The second-order valence-corrected chi connectivity index (χ2v) is 20.7. The van der Waals surface area contributed by atoms with Crippen molar-refractivity contribution in [3.05, 3.63) is 159 Å². The third-order valence-corrected chi connectivity index (χ3v) is 13.2. The molecule has 0 aliphatic carbocycles. The van der Waals surface area contributed by atoms with Crippen LogP contribution < -0.4 is 42.8 Å². The summed E-state index contributed by atoms with van der Waals surface area (Å²) < 4.78 is 2.93. The molecule has 6 rings (SSSR count). The lowest BCUT2D eigenvalue weighted by molar-refractivity contribution is -0.130. The molecule has 8 N–H and O–H groups in total. The second kappa shape index (κ2) is 37.5. The molecule has 0 saturated heterocycles. The van der Waals surface area contributed by atoms with Gasteiger partial charge in [0.25, 0.3) is 17.0 Å². The number of allylic oxidation sites excluding steroid dienone is 3. The van der Waals surface area contributed by atoms with Crippen LogP contribution in [0.2, 0.25) is 0 Å². The van der Waals surface area contributed by atoms with Gasteiger partial charge in [0.1, 0.15) is 5.52 Å². The number of hydroxylamine groups is 4. The molecule has 3 unspecified atom stereocenters. The van der Waals surface area contributed by atoms with Crippen molar-refractivity contribution in [1.82, 2.24) is 46.5 Å². The van der Waals surface area contributed by atoms with E-state index in [9.17, 15) is 33.6 Å². The molecule has 22 heteroatoms. The lowest BCUT2D eigenvalue weighted by Crippen LogP contribution is -2.24. The standard InChI is InChI=1S/C17H26N2O3.C17H24N2O2.C14H17N3O3.C13H16N4O3/c1-12(5-10-16(20)18-22)11-13(2)17(21)14-6-8-15(9-7-14)19(3)4;1-13(5-10-17(20)18-21)11-14(2)12-15-6-8-16(9-7-15)19(3)4;18-13(16-20)8-2-1-5-9-17-10-15-12-7-4-3-6-11(12)14(17)19;18-12(15-20)8-2-1-5-9-17-13(19)10-6-3-4-7-11(10)14-16-17/h6-9,12-13,22H,5,10-11H2,1-4H3,(H,18,20);5-11,14,21H,12H2,1-4H3,(H,18,20);3-4,6-7,10,20H,1-2,5,8-9H2,(H,16,18);3-4,6-7,20H,1-2,5,8-9H2,(H,15,18)/b;10-5+,13-11+;;. The zero-order valence-corrected chi connectivity index (χ0v) is 49.0. The number of anilines is 2. The van der Waals surface area contributed by atoms with E-state index in [1.807, 2.05) is 102 Å². The largest absolute Gasteiger partial charge is 0.378 e. The van der Waals surface area contributed by atoms with Crippen LogP contribution in [-0.4, -0.2) is 103 Å². The summed E-state index contributed by atoms with van der Waals surface area (Å²) in [4.78, 5) is 88.6. The number of ketones is 1. The highest BCUT2D eigenvalue weighted by Crippen LogP contribution is 2.22. The minimum Gasteiger partial charge on any atom is -0.378 e. The molecule has 0 aliphatic heterocycles. The fraction of sp³-hybridized carbons (Fsp3) is 0.410. The highest BCUT2D eigenvalue weighted by Gasteiger charge is 2.19. The van der Waals surface area contributed by atoms with E-state index in [1.165, 1.54) is 22.0 Å². The fourth-order valence-electron chi connectivity index (χ4n) is 8.60. The Morgan fingerprint density at radius 2 is 1.12 bits per heavy atom. The zero-order chi connectivity index (χ0) is 61.3. The number of hydrogen-bond donors (Lipinski definition) is 8. The Hall–Kier alpha value is -8.44. The maximum Gasteiger partial charge on any atom is 0.277 e. The Labute approximate surface area is 484 Å². The van der Waals surface area contributed by atoms with Crippen molar-refractivity contribution in [2.75, 3.05) is 38.0 Å². The number of aromatic nitrogens is 5. The number of amides is 4.